The molecule has 1 aromatic carbocycles. The van der Waals surface area contributed by atoms with E-state index in [0.29, 0.717) is 0 Å². The van der Waals surface area contributed by atoms with Crippen LogP contribution in [0.3, 0.4) is 0 Å². The van der Waals surface area contributed by atoms with Crippen LogP contribution in [-0.2, 0) is 9.47 Å². The monoisotopic (exact) mass is 256 g/mol. The van der Waals surface area contributed by atoms with Crippen LogP contribution in [0, 0.1) is 0 Å². The van der Waals surface area contributed by atoms with Gasteiger partial charge in [-0.15, -0.1) is 0 Å². The van der Waals surface area contributed by atoms with Crippen molar-refractivity contribution in [3.8, 4) is 5.75 Å². The molecule has 0 unspecified atom stereocenters. The molecule has 74 valence electrons. The largest absolute Gasteiger partial charge is 0.496 e. The lowest BCUT2D eigenvalue weighted by Crippen LogP contribution is -2.00. The van der Waals surface area contributed by atoms with E-state index in [2.05, 4.69) is 15.9 Å². The average molecular weight is 257 g/mol. The normalized spacial score (nSPS) is 15.0. The van der Waals surface area contributed by atoms with Gasteiger partial charge < -0.3 is 14.2 Å². The van der Waals surface area contributed by atoms with Crippen LogP contribution in [0.25, 0.3) is 0 Å². The van der Waals surface area contributed by atoms with Gasteiger partial charge in [-0.25, -0.2) is 0 Å². The lowest BCUT2D eigenvalue weighted by atomic mass is 10.2. The first-order valence-corrected chi connectivity index (χ1v) is 4.90. The predicted octanol–water partition coefficient (Wildman–Crippen LogP) is 2.97. The second kappa shape index (κ2) is 3.92. The summed E-state index contributed by atoms with van der Waals surface area (Å²) in [5.74, 6) is 0.744. The van der Waals surface area contributed by atoms with Crippen molar-refractivity contribution >= 4 is 15.9 Å². The number of hydrogen-bond acceptors (Lipinski definition) is 3. The third-order valence-electron chi connectivity index (χ3n) is 1.91. The second-order valence-corrected chi connectivity index (χ2v) is 3.68. The van der Waals surface area contributed by atoms with Crippen LogP contribution in [0.4, 0.5) is 0 Å². The summed E-state index contributed by atoms with van der Waals surface area (Å²) >= 11 is 3.37. The maximum absolute atomic E-state index is 5.22. The Morgan fingerprint density at radius 3 is 2.64 bits per heavy atom. The Labute approximate surface area is 90.4 Å². The number of rotatable bonds is 2. The first kappa shape index (κ1) is 9.40. The first-order chi connectivity index (χ1) is 6.81. The molecule has 1 aliphatic rings. The third kappa shape index (κ3) is 1.70. The van der Waals surface area contributed by atoms with Crippen molar-refractivity contribution in [1.82, 2.24) is 0 Å². The zero-order valence-electron chi connectivity index (χ0n) is 7.57. The molecule has 0 fully saturated rings. The molecule has 0 aliphatic carbocycles. The summed E-state index contributed by atoms with van der Waals surface area (Å²) in [7, 11) is 1.62. The maximum atomic E-state index is 5.22. The summed E-state index contributed by atoms with van der Waals surface area (Å²) in [6.45, 7) is 0. The lowest BCUT2D eigenvalue weighted by Gasteiger charge is -2.14. The molecule has 1 heterocycles. The van der Waals surface area contributed by atoms with Gasteiger partial charge in [0, 0.05) is 4.47 Å². The van der Waals surface area contributed by atoms with Gasteiger partial charge in [0.1, 0.15) is 18.3 Å². The molecule has 3 nitrogen and oxygen atoms in total. The predicted molar refractivity (Wildman–Crippen MR) is 54.7 cm³/mol. The van der Waals surface area contributed by atoms with E-state index in [1.165, 1.54) is 12.5 Å². The van der Waals surface area contributed by atoms with E-state index in [1.807, 2.05) is 18.2 Å². The Morgan fingerprint density at radius 2 is 2.00 bits per heavy atom. The number of halogens is 1. The standard InChI is InChI=1S/C10H9BrO3/c1-12-9-6-7(11)2-3-8(9)10-13-4-5-14-10/h2-6,10H,1H3. The van der Waals surface area contributed by atoms with Crippen molar-refractivity contribution in [1.29, 1.82) is 0 Å². The Balaban J connectivity index is 2.32. The van der Waals surface area contributed by atoms with Crippen LogP contribution in [0.2, 0.25) is 0 Å². The van der Waals surface area contributed by atoms with Crippen LogP contribution in [-0.4, -0.2) is 7.11 Å². The summed E-state index contributed by atoms with van der Waals surface area (Å²) in [5.41, 5.74) is 0.876. The smallest absolute Gasteiger partial charge is 0.269 e. The molecule has 0 saturated heterocycles. The number of ether oxygens (including phenoxy) is 3. The molecule has 0 saturated carbocycles. The molecule has 0 aromatic heterocycles. The van der Waals surface area contributed by atoms with Crippen molar-refractivity contribution in [3.63, 3.8) is 0 Å². The van der Waals surface area contributed by atoms with Crippen molar-refractivity contribution in [2.24, 2.45) is 0 Å². The van der Waals surface area contributed by atoms with Crippen molar-refractivity contribution in [2.75, 3.05) is 7.11 Å². The van der Waals surface area contributed by atoms with Crippen molar-refractivity contribution in [3.05, 3.63) is 40.8 Å². The van der Waals surface area contributed by atoms with Gasteiger partial charge in [-0.2, -0.15) is 0 Å². The van der Waals surface area contributed by atoms with E-state index in [0.717, 1.165) is 15.8 Å². The Bertz CT molecular complexity index is 354. The summed E-state index contributed by atoms with van der Waals surface area (Å²) < 4.78 is 16.6. The van der Waals surface area contributed by atoms with Gasteiger partial charge in [0.25, 0.3) is 6.29 Å². The third-order valence-corrected chi connectivity index (χ3v) is 2.40. The fourth-order valence-electron chi connectivity index (χ4n) is 1.27. The molecular formula is C10H9BrO3. The fourth-order valence-corrected chi connectivity index (χ4v) is 1.61. The molecule has 2 rings (SSSR count). The Kier molecular flexibility index (Phi) is 2.63. The fraction of sp³-hybridized carbons (Fsp3) is 0.200. The van der Waals surface area contributed by atoms with Gasteiger partial charge >= 0.3 is 0 Å². The minimum atomic E-state index is -0.391. The van der Waals surface area contributed by atoms with E-state index >= 15 is 0 Å². The minimum absolute atomic E-state index is 0.391. The van der Waals surface area contributed by atoms with Gasteiger partial charge in [0.05, 0.1) is 12.7 Å². The molecule has 4 heteroatoms. The van der Waals surface area contributed by atoms with Gasteiger partial charge in [-0.3, -0.25) is 0 Å². The topological polar surface area (TPSA) is 27.7 Å². The maximum Gasteiger partial charge on any atom is 0.269 e. The molecule has 0 N–H and O–H groups in total. The first-order valence-electron chi connectivity index (χ1n) is 4.10. The molecule has 0 amide bonds. The van der Waals surface area contributed by atoms with Crippen LogP contribution in [0.5, 0.6) is 5.75 Å². The second-order valence-electron chi connectivity index (χ2n) is 2.76. The van der Waals surface area contributed by atoms with E-state index in [9.17, 15) is 0 Å². The van der Waals surface area contributed by atoms with Crippen molar-refractivity contribution in [2.45, 2.75) is 6.29 Å². The highest BCUT2D eigenvalue weighted by atomic mass is 79.9. The molecule has 0 spiro atoms. The zero-order chi connectivity index (χ0) is 9.97. The van der Waals surface area contributed by atoms with E-state index < -0.39 is 6.29 Å². The van der Waals surface area contributed by atoms with E-state index in [-0.39, 0.29) is 0 Å². The lowest BCUT2D eigenvalue weighted by molar-refractivity contribution is -0.0261. The van der Waals surface area contributed by atoms with Gasteiger partial charge in [0.2, 0.25) is 0 Å². The highest BCUT2D eigenvalue weighted by Crippen LogP contribution is 2.33. The van der Waals surface area contributed by atoms with Gasteiger partial charge in [-0.05, 0) is 18.2 Å². The van der Waals surface area contributed by atoms with E-state index in [4.69, 9.17) is 14.2 Å². The quantitative estimate of drug-likeness (QED) is 0.815. The van der Waals surface area contributed by atoms with Gasteiger partial charge in [0.15, 0.2) is 0 Å². The SMILES string of the molecule is COc1cc(Br)ccc1C1OC=CO1. The molecule has 0 radical (unpaired) electrons. The highest BCUT2D eigenvalue weighted by Gasteiger charge is 2.19. The number of hydrogen-bond donors (Lipinski definition) is 0. The number of benzene rings is 1. The molecule has 0 bridgehead atoms. The summed E-state index contributed by atoms with van der Waals surface area (Å²) in [5, 5.41) is 0. The van der Waals surface area contributed by atoms with E-state index in [1.54, 1.807) is 7.11 Å². The molecule has 1 aliphatic heterocycles. The summed E-state index contributed by atoms with van der Waals surface area (Å²) in [6, 6.07) is 5.70. The molecule has 14 heavy (non-hydrogen) atoms. The summed E-state index contributed by atoms with van der Waals surface area (Å²) in [6.07, 6.45) is 2.65. The number of methoxy groups -OCH3 is 1. The molecule has 0 atom stereocenters. The van der Waals surface area contributed by atoms with Crippen LogP contribution >= 0.6 is 15.9 Å². The zero-order valence-corrected chi connectivity index (χ0v) is 9.15. The highest BCUT2D eigenvalue weighted by molar-refractivity contribution is 9.10. The van der Waals surface area contributed by atoms with Crippen LogP contribution < -0.4 is 4.74 Å². The minimum Gasteiger partial charge on any atom is -0.496 e. The molecule has 1 aromatic rings. The Hall–Kier alpha value is -1.16. The van der Waals surface area contributed by atoms with Crippen LogP contribution in [0.15, 0.2) is 35.2 Å². The van der Waals surface area contributed by atoms with Crippen LogP contribution in [0.1, 0.15) is 11.9 Å². The van der Waals surface area contributed by atoms with Gasteiger partial charge in [-0.1, -0.05) is 15.9 Å². The average Bonchev–Trinajstić information content (AvgIpc) is 2.70. The Morgan fingerprint density at radius 1 is 1.29 bits per heavy atom. The molecular weight excluding hydrogens is 248 g/mol. The summed E-state index contributed by atoms with van der Waals surface area (Å²) in [4.78, 5) is 0. The van der Waals surface area contributed by atoms with Crippen molar-refractivity contribution < 1.29 is 14.2 Å².